The molecule has 7 heteroatoms. The minimum Gasteiger partial charge on any atom is -0.459 e. The Morgan fingerprint density at radius 3 is 2.25 bits per heavy atom. The van der Waals surface area contributed by atoms with E-state index in [4.69, 9.17) is 27.0 Å². The first-order valence-corrected chi connectivity index (χ1v) is 8.68. The highest BCUT2D eigenvalue weighted by molar-refractivity contribution is 8.13. The second-order valence-corrected chi connectivity index (χ2v) is 7.84. The van der Waals surface area contributed by atoms with E-state index in [2.05, 4.69) is 0 Å². The Morgan fingerprint density at radius 2 is 1.80 bits per heavy atom. The zero-order valence-corrected chi connectivity index (χ0v) is 13.9. The average Bonchev–Trinajstić information content (AvgIpc) is 2.30. The average molecular weight is 339 g/mol. The third kappa shape index (κ3) is 4.11. The molecule has 1 atom stereocenters. The van der Waals surface area contributed by atoms with Gasteiger partial charge < -0.3 is 4.74 Å². The lowest BCUT2D eigenvalue weighted by molar-refractivity contribution is 0.0237. The van der Waals surface area contributed by atoms with E-state index in [-0.39, 0.29) is 27.5 Å². The van der Waals surface area contributed by atoms with E-state index in [1.807, 2.05) is 13.8 Å². The molecule has 112 valence electrons. The SMILES string of the molecule is Cc1c(Cl)cc(S(=O)(=O)Cl)cc1C(=O)OC(C)C(C)C. The number of benzene rings is 1. The minimum atomic E-state index is -3.96. The van der Waals surface area contributed by atoms with Crippen molar-refractivity contribution in [2.75, 3.05) is 0 Å². The maximum absolute atomic E-state index is 12.1. The lowest BCUT2D eigenvalue weighted by atomic mass is 10.1. The number of carbonyl (C=O) groups excluding carboxylic acids is 1. The van der Waals surface area contributed by atoms with Crippen molar-refractivity contribution >= 4 is 37.3 Å². The number of hydrogen-bond acceptors (Lipinski definition) is 4. The number of ether oxygens (including phenoxy) is 1. The van der Waals surface area contributed by atoms with Gasteiger partial charge in [-0.05, 0) is 37.5 Å². The van der Waals surface area contributed by atoms with Crippen molar-refractivity contribution in [3.8, 4) is 0 Å². The van der Waals surface area contributed by atoms with Gasteiger partial charge in [-0.15, -0.1) is 0 Å². The molecule has 1 aromatic carbocycles. The molecule has 0 aliphatic carbocycles. The monoisotopic (exact) mass is 338 g/mol. The first-order valence-electron chi connectivity index (χ1n) is 5.99. The number of halogens is 2. The van der Waals surface area contributed by atoms with Gasteiger partial charge in [0, 0.05) is 15.7 Å². The van der Waals surface area contributed by atoms with Crippen LogP contribution in [-0.2, 0) is 13.8 Å². The summed E-state index contributed by atoms with van der Waals surface area (Å²) in [5.41, 5.74) is 0.556. The summed E-state index contributed by atoms with van der Waals surface area (Å²) in [5.74, 6) is -0.470. The fourth-order valence-corrected chi connectivity index (χ4v) is 2.44. The second kappa shape index (κ2) is 6.33. The molecule has 0 aromatic heterocycles. The van der Waals surface area contributed by atoms with Crippen LogP contribution in [0.1, 0.15) is 36.7 Å². The molecule has 4 nitrogen and oxygen atoms in total. The number of hydrogen-bond donors (Lipinski definition) is 0. The summed E-state index contributed by atoms with van der Waals surface area (Å²) >= 11 is 5.94. The fourth-order valence-electron chi connectivity index (χ4n) is 1.38. The van der Waals surface area contributed by atoms with Crippen molar-refractivity contribution in [3.05, 3.63) is 28.3 Å². The topological polar surface area (TPSA) is 60.4 Å². The van der Waals surface area contributed by atoms with Gasteiger partial charge in [-0.1, -0.05) is 25.4 Å². The number of esters is 1. The molecule has 0 spiro atoms. The van der Waals surface area contributed by atoms with Crippen molar-refractivity contribution < 1.29 is 17.9 Å². The summed E-state index contributed by atoms with van der Waals surface area (Å²) in [4.78, 5) is 11.9. The zero-order chi connectivity index (χ0) is 15.7. The van der Waals surface area contributed by atoms with E-state index < -0.39 is 15.0 Å². The van der Waals surface area contributed by atoms with Crippen LogP contribution in [0.4, 0.5) is 0 Å². The number of carbonyl (C=O) groups is 1. The first-order chi connectivity index (χ1) is 9.04. The molecule has 20 heavy (non-hydrogen) atoms. The fraction of sp³-hybridized carbons (Fsp3) is 0.462. The van der Waals surface area contributed by atoms with Crippen LogP contribution in [0.25, 0.3) is 0 Å². The van der Waals surface area contributed by atoms with E-state index in [1.54, 1.807) is 13.8 Å². The standard InChI is InChI=1S/C13H16Cl2O4S/c1-7(2)9(4)19-13(16)11-5-10(20(15,17)18)6-12(14)8(11)3/h5-7,9H,1-4H3. The third-order valence-electron chi connectivity index (χ3n) is 3.05. The molecule has 0 N–H and O–H groups in total. The Kier molecular flexibility index (Phi) is 5.46. The van der Waals surface area contributed by atoms with Crippen molar-refractivity contribution in [2.24, 2.45) is 5.92 Å². The van der Waals surface area contributed by atoms with E-state index in [9.17, 15) is 13.2 Å². The summed E-state index contributed by atoms with van der Waals surface area (Å²) in [6.45, 7) is 7.21. The molecule has 0 saturated heterocycles. The van der Waals surface area contributed by atoms with Gasteiger partial charge in [0.15, 0.2) is 0 Å². The van der Waals surface area contributed by atoms with Gasteiger partial charge in [0.1, 0.15) is 6.10 Å². The highest BCUT2D eigenvalue weighted by Gasteiger charge is 2.21. The molecular weight excluding hydrogens is 323 g/mol. The first kappa shape index (κ1) is 17.3. The summed E-state index contributed by atoms with van der Waals surface area (Å²) in [6, 6.07) is 2.39. The van der Waals surface area contributed by atoms with Crippen molar-refractivity contribution in [3.63, 3.8) is 0 Å². The van der Waals surface area contributed by atoms with Crippen LogP contribution in [-0.4, -0.2) is 20.5 Å². The van der Waals surface area contributed by atoms with Gasteiger partial charge in [-0.2, -0.15) is 0 Å². The molecule has 0 heterocycles. The molecule has 1 aromatic rings. The van der Waals surface area contributed by atoms with Crippen LogP contribution >= 0.6 is 22.3 Å². The van der Waals surface area contributed by atoms with Crippen LogP contribution in [0, 0.1) is 12.8 Å². The molecule has 0 radical (unpaired) electrons. The van der Waals surface area contributed by atoms with Gasteiger partial charge in [-0.25, -0.2) is 13.2 Å². The molecule has 0 bridgehead atoms. The van der Waals surface area contributed by atoms with E-state index in [1.165, 1.54) is 12.1 Å². The highest BCUT2D eigenvalue weighted by atomic mass is 35.7. The van der Waals surface area contributed by atoms with Gasteiger partial charge in [0.25, 0.3) is 9.05 Å². The van der Waals surface area contributed by atoms with Crippen LogP contribution in [0.5, 0.6) is 0 Å². The molecule has 0 saturated carbocycles. The van der Waals surface area contributed by atoms with E-state index in [0.29, 0.717) is 5.56 Å². The minimum absolute atomic E-state index is 0.101. The molecule has 0 fully saturated rings. The predicted octanol–water partition coefficient (Wildman–Crippen LogP) is 3.78. The normalized spacial score (nSPS) is 13.3. The van der Waals surface area contributed by atoms with E-state index >= 15 is 0 Å². The van der Waals surface area contributed by atoms with Crippen molar-refractivity contribution in [1.82, 2.24) is 0 Å². The van der Waals surface area contributed by atoms with Crippen LogP contribution in [0.15, 0.2) is 17.0 Å². The zero-order valence-electron chi connectivity index (χ0n) is 11.6. The smallest absolute Gasteiger partial charge is 0.338 e. The van der Waals surface area contributed by atoms with E-state index in [0.717, 1.165) is 0 Å². The van der Waals surface area contributed by atoms with Crippen molar-refractivity contribution in [1.29, 1.82) is 0 Å². The number of rotatable bonds is 4. The summed E-state index contributed by atoms with van der Waals surface area (Å²) in [7, 11) is 1.31. The third-order valence-corrected chi connectivity index (χ3v) is 4.78. The Morgan fingerprint density at radius 1 is 1.25 bits per heavy atom. The van der Waals surface area contributed by atoms with Gasteiger partial charge in [0.05, 0.1) is 10.5 Å². The Bertz CT molecular complexity index is 624. The predicted molar refractivity (Wildman–Crippen MR) is 78.9 cm³/mol. The maximum Gasteiger partial charge on any atom is 0.338 e. The maximum atomic E-state index is 12.1. The molecule has 0 aliphatic rings. The highest BCUT2D eigenvalue weighted by Crippen LogP contribution is 2.27. The lowest BCUT2D eigenvalue weighted by Gasteiger charge is -2.17. The Balaban J connectivity index is 3.24. The largest absolute Gasteiger partial charge is 0.459 e. The molecule has 1 unspecified atom stereocenters. The second-order valence-electron chi connectivity index (χ2n) is 4.87. The van der Waals surface area contributed by atoms with Gasteiger partial charge >= 0.3 is 5.97 Å². The molecular formula is C13H16Cl2O4S. The summed E-state index contributed by atoms with van der Waals surface area (Å²) in [5, 5.41) is 0.149. The van der Waals surface area contributed by atoms with Crippen molar-refractivity contribution in [2.45, 2.75) is 38.7 Å². The van der Waals surface area contributed by atoms with Gasteiger partial charge in [0.2, 0.25) is 0 Å². The van der Waals surface area contributed by atoms with Gasteiger partial charge in [-0.3, -0.25) is 0 Å². The summed E-state index contributed by atoms with van der Waals surface area (Å²) < 4.78 is 28.0. The van der Waals surface area contributed by atoms with Crippen LogP contribution < -0.4 is 0 Å². The lowest BCUT2D eigenvalue weighted by Crippen LogP contribution is -2.21. The molecule has 0 aliphatic heterocycles. The Labute approximate surface area is 128 Å². The van der Waals surface area contributed by atoms with Crippen LogP contribution in [0.3, 0.4) is 0 Å². The molecule has 1 rings (SSSR count). The molecule has 0 amide bonds. The van der Waals surface area contributed by atoms with Crippen LogP contribution in [0.2, 0.25) is 5.02 Å². The summed E-state index contributed by atoms with van der Waals surface area (Å²) in [6.07, 6.45) is -0.294. The quantitative estimate of drug-likeness (QED) is 0.619. The Hall–Kier alpha value is -0.780.